The average molecular weight is 523 g/mol. The van der Waals surface area contributed by atoms with Gasteiger partial charge in [0.25, 0.3) is 0 Å². The molecule has 0 saturated carbocycles. The van der Waals surface area contributed by atoms with Crippen LogP contribution in [-0.4, -0.2) is 50.3 Å². The molecule has 0 radical (unpaired) electrons. The number of nitrogens with zero attached hydrogens (tertiary/aromatic N) is 2. The first-order chi connectivity index (χ1) is 14.2. The molecular weight excluding hydrogens is 489 g/mol. The van der Waals surface area contributed by atoms with Gasteiger partial charge in [0.2, 0.25) is 0 Å². The summed E-state index contributed by atoms with van der Waals surface area (Å²) in [5.41, 5.74) is 1.20. The van der Waals surface area contributed by atoms with Gasteiger partial charge in [0, 0.05) is 44.9 Å². The minimum Gasteiger partial charge on any atom is -0.496 e. The summed E-state index contributed by atoms with van der Waals surface area (Å²) in [7, 11) is 1.72. The van der Waals surface area contributed by atoms with E-state index in [1.807, 2.05) is 42.5 Å². The van der Waals surface area contributed by atoms with Crippen molar-refractivity contribution in [2.45, 2.75) is 38.7 Å². The van der Waals surface area contributed by atoms with Crippen LogP contribution in [-0.2, 0) is 0 Å². The maximum absolute atomic E-state index is 6.12. The summed E-state index contributed by atoms with van der Waals surface area (Å²) in [4.78, 5) is 7.28. The van der Waals surface area contributed by atoms with E-state index >= 15 is 0 Å². The zero-order valence-corrected chi connectivity index (χ0v) is 20.5. The molecule has 2 aromatic carbocycles. The fourth-order valence-corrected chi connectivity index (χ4v) is 3.70. The third-order valence-electron chi connectivity index (χ3n) is 5.31. The fraction of sp³-hybridized carbons (Fsp3) is 0.458. The summed E-state index contributed by atoms with van der Waals surface area (Å²) in [6.07, 6.45) is 2.27. The van der Waals surface area contributed by atoms with Crippen LogP contribution in [0, 0.1) is 0 Å². The SMILES string of the molecule is CCNC(=NCC(C)c1ccccc1OC)N1CCC(Oc2ccccc2)CC1.I. The lowest BCUT2D eigenvalue weighted by Crippen LogP contribution is -2.47. The van der Waals surface area contributed by atoms with Crippen molar-refractivity contribution < 1.29 is 9.47 Å². The molecule has 164 valence electrons. The topological polar surface area (TPSA) is 46.1 Å². The van der Waals surface area contributed by atoms with Gasteiger partial charge in [-0.25, -0.2) is 0 Å². The molecule has 0 bridgehead atoms. The number of para-hydroxylation sites is 2. The highest BCUT2D eigenvalue weighted by atomic mass is 127. The zero-order valence-electron chi connectivity index (χ0n) is 18.2. The van der Waals surface area contributed by atoms with Crippen molar-refractivity contribution in [1.82, 2.24) is 10.2 Å². The number of benzene rings is 2. The predicted octanol–water partition coefficient (Wildman–Crippen LogP) is 4.93. The number of hydrogen-bond acceptors (Lipinski definition) is 3. The van der Waals surface area contributed by atoms with E-state index in [4.69, 9.17) is 14.5 Å². The molecule has 3 rings (SSSR count). The van der Waals surface area contributed by atoms with Gasteiger partial charge < -0.3 is 19.7 Å². The Kier molecular flexibility index (Phi) is 10.3. The number of hydrogen-bond donors (Lipinski definition) is 1. The number of nitrogens with one attached hydrogen (secondary N) is 1. The van der Waals surface area contributed by atoms with Crippen LogP contribution < -0.4 is 14.8 Å². The van der Waals surface area contributed by atoms with Gasteiger partial charge in [-0.2, -0.15) is 0 Å². The first kappa shape index (κ1) is 24.3. The molecule has 1 aliphatic rings. The van der Waals surface area contributed by atoms with Gasteiger partial charge in [-0.3, -0.25) is 4.99 Å². The molecule has 6 heteroatoms. The number of halogens is 1. The van der Waals surface area contributed by atoms with Gasteiger partial charge in [-0.05, 0) is 30.7 Å². The number of methoxy groups -OCH3 is 1. The number of rotatable bonds is 7. The molecule has 0 aromatic heterocycles. The molecule has 30 heavy (non-hydrogen) atoms. The van der Waals surface area contributed by atoms with Gasteiger partial charge in [0.05, 0.1) is 7.11 Å². The average Bonchev–Trinajstić information content (AvgIpc) is 2.77. The van der Waals surface area contributed by atoms with Gasteiger partial charge in [0.15, 0.2) is 5.96 Å². The highest BCUT2D eigenvalue weighted by Gasteiger charge is 2.23. The number of piperidine rings is 1. The van der Waals surface area contributed by atoms with Crippen molar-refractivity contribution in [1.29, 1.82) is 0 Å². The summed E-state index contributed by atoms with van der Waals surface area (Å²) < 4.78 is 11.6. The Bertz CT molecular complexity index is 777. The van der Waals surface area contributed by atoms with E-state index in [0.29, 0.717) is 5.92 Å². The minimum absolute atomic E-state index is 0. The molecule has 1 fully saturated rings. The zero-order chi connectivity index (χ0) is 20.5. The molecule has 0 amide bonds. The van der Waals surface area contributed by atoms with Crippen LogP contribution in [0.25, 0.3) is 0 Å². The van der Waals surface area contributed by atoms with Crippen molar-refractivity contribution in [2.24, 2.45) is 4.99 Å². The molecule has 1 N–H and O–H groups in total. The van der Waals surface area contributed by atoms with Gasteiger partial charge >= 0.3 is 0 Å². The standard InChI is InChI=1S/C24H33N3O2.HI/c1-4-25-24(26-18-19(2)22-12-8-9-13-23(22)28-3)27-16-14-21(15-17-27)29-20-10-6-5-7-11-20;/h5-13,19,21H,4,14-18H2,1-3H3,(H,25,26);1H. The lowest BCUT2D eigenvalue weighted by molar-refractivity contribution is 0.129. The molecular formula is C24H34IN3O2. The van der Waals surface area contributed by atoms with Crippen LogP contribution in [0.15, 0.2) is 59.6 Å². The lowest BCUT2D eigenvalue weighted by atomic mass is 10.0. The first-order valence-corrected chi connectivity index (χ1v) is 10.6. The van der Waals surface area contributed by atoms with E-state index < -0.39 is 0 Å². The maximum Gasteiger partial charge on any atom is 0.193 e. The lowest BCUT2D eigenvalue weighted by Gasteiger charge is -2.34. The van der Waals surface area contributed by atoms with E-state index in [0.717, 1.165) is 56.5 Å². The molecule has 0 spiro atoms. The van der Waals surface area contributed by atoms with Crippen molar-refractivity contribution >= 4 is 29.9 Å². The van der Waals surface area contributed by atoms with Crippen LogP contribution >= 0.6 is 24.0 Å². The van der Waals surface area contributed by atoms with E-state index in [-0.39, 0.29) is 30.1 Å². The molecule has 1 saturated heterocycles. The molecule has 1 aliphatic heterocycles. The van der Waals surface area contributed by atoms with E-state index in [9.17, 15) is 0 Å². The maximum atomic E-state index is 6.12. The number of likely N-dealkylation sites (tertiary alicyclic amines) is 1. The Balaban J connectivity index is 0.00000320. The Labute approximate surface area is 197 Å². The molecule has 1 atom stereocenters. The van der Waals surface area contributed by atoms with Crippen molar-refractivity contribution in [3.05, 3.63) is 60.2 Å². The second kappa shape index (κ2) is 12.7. The van der Waals surface area contributed by atoms with Crippen LogP contribution in [0.3, 0.4) is 0 Å². The van der Waals surface area contributed by atoms with E-state index in [1.165, 1.54) is 5.56 Å². The second-order valence-corrected chi connectivity index (χ2v) is 7.45. The largest absolute Gasteiger partial charge is 0.496 e. The molecule has 1 unspecified atom stereocenters. The fourth-order valence-electron chi connectivity index (χ4n) is 3.70. The van der Waals surface area contributed by atoms with E-state index in [1.54, 1.807) is 7.11 Å². The molecule has 5 nitrogen and oxygen atoms in total. The van der Waals surface area contributed by atoms with Gasteiger partial charge in [-0.15, -0.1) is 24.0 Å². The minimum atomic E-state index is 0. The molecule has 2 aromatic rings. The highest BCUT2D eigenvalue weighted by Crippen LogP contribution is 2.26. The second-order valence-electron chi connectivity index (χ2n) is 7.45. The van der Waals surface area contributed by atoms with Crippen LogP contribution in [0.5, 0.6) is 11.5 Å². The third-order valence-corrected chi connectivity index (χ3v) is 5.31. The molecule has 1 heterocycles. The van der Waals surface area contributed by atoms with Crippen LogP contribution in [0.1, 0.15) is 38.2 Å². The quantitative estimate of drug-likeness (QED) is 0.318. The van der Waals surface area contributed by atoms with Crippen LogP contribution in [0.4, 0.5) is 0 Å². The number of ether oxygens (including phenoxy) is 2. The summed E-state index contributed by atoms with van der Waals surface area (Å²) in [6.45, 7) is 7.81. The van der Waals surface area contributed by atoms with Crippen molar-refractivity contribution in [3.63, 3.8) is 0 Å². The first-order valence-electron chi connectivity index (χ1n) is 10.6. The van der Waals surface area contributed by atoms with Crippen LogP contribution in [0.2, 0.25) is 0 Å². The number of aliphatic imine (C=N–C) groups is 1. The van der Waals surface area contributed by atoms with Gasteiger partial charge in [-0.1, -0.05) is 43.3 Å². The summed E-state index contributed by atoms with van der Waals surface area (Å²) in [5, 5.41) is 3.46. The van der Waals surface area contributed by atoms with Gasteiger partial charge in [0.1, 0.15) is 17.6 Å². The predicted molar refractivity (Wildman–Crippen MR) is 134 cm³/mol. The Hall–Kier alpha value is -1.96. The smallest absolute Gasteiger partial charge is 0.193 e. The molecule has 0 aliphatic carbocycles. The van der Waals surface area contributed by atoms with E-state index in [2.05, 4.69) is 36.2 Å². The summed E-state index contributed by atoms with van der Waals surface area (Å²) in [6, 6.07) is 18.3. The third kappa shape index (κ3) is 6.79. The summed E-state index contributed by atoms with van der Waals surface area (Å²) in [5.74, 6) is 3.17. The number of guanidine groups is 1. The highest BCUT2D eigenvalue weighted by molar-refractivity contribution is 14.0. The Morgan fingerprint density at radius 1 is 1.10 bits per heavy atom. The Morgan fingerprint density at radius 3 is 2.43 bits per heavy atom. The van der Waals surface area contributed by atoms with Crippen molar-refractivity contribution in [3.8, 4) is 11.5 Å². The monoisotopic (exact) mass is 523 g/mol. The van der Waals surface area contributed by atoms with Crippen molar-refractivity contribution in [2.75, 3.05) is 33.3 Å². The normalized spacial score (nSPS) is 15.8. The Morgan fingerprint density at radius 2 is 1.77 bits per heavy atom. The summed E-state index contributed by atoms with van der Waals surface area (Å²) >= 11 is 0.